The van der Waals surface area contributed by atoms with Crippen molar-refractivity contribution in [3.8, 4) is 0 Å². The van der Waals surface area contributed by atoms with Crippen molar-refractivity contribution >= 4 is 11.6 Å². The van der Waals surface area contributed by atoms with Crippen molar-refractivity contribution in [2.45, 2.75) is 25.2 Å². The number of hydrogen-bond donors (Lipinski definition) is 3. The maximum Gasteiger partial charge on any atom is 0.105 e. The summed E-state index contributed by atoms with van der Waals surface area (Å²) in [5, 5.41) is 22.6. The van der Waals surface area contributed by atoms with Gasteiger partial charge in [-0.2, -0.15) is 0 Å². The molecule has 16 heavy (non-hydrogen) atoms. The smallest absolute Gasteiger partial charge is 0.105 e. The topological polar surface area (TPSA) is 52.5 Å². The first-order valence-electron chi connectivity index (χ1n) is 5.34. The fourth-order valence-electron chi connectivity index (χ4n) is 1.58. The van der Waals surface area contributed by atoms with Gasteiger partial charge >= 0.3 is 0 Å². The number of hydrogen-bond acceptors (Lipinski definition) is 3. The molecule has 0 spiro atoms. The molecular formula is C12H18ClNO2. The van der Waals surface area contributed by atoms with Gasteiger partial charge in [-0.05, 0) is 24.6 Å². The number of halogens is 1. The fraction of sp³-hybridized carbons (Fsp3) is 0.500. The quantitative estimate of drug-likeness (QED) is 0.663. The van der Waals surface area contributed by atoms with E-state index in [0.29, 0.717) is 12.3 Å². The van der Waals surface area contributed by atoms with Crippen LogP contribution in [0, 0.1) is 0 Å². The minimum atomic E-state index is -0.865. The largest absolute Gasteiger partial charge is 0.390 e. The minimum absolute atomic E-state index is 0.342. The summed E-state index contributed by atoms with van der Waals surface area (Å²) in [6, 6.07) is 7.54. The molecule has 0 aliphatic heterocycles. The molecule has 0 bridgehead atoms. The van der Waals surface area contributed by atoms with Crippen LogP contribution < -0.4 is 5.32 Å². The summed E-state index contributed by atoms with van der Waals surface area (Å²) in [5.74, 6) is 0.342. The van der Waals surface area contributed by atoms with Gasteiger partial charge in [0.15, 0.2) is 0 Å². The van der Waals surface area contributed by atoms with E-state index in [4.69, 9.17) is 11.6 Å². The van der Waals surface area contributed by atoms with E-state index in [-0.39, 0.29) is 0 Å². The molecule has 0 saturated heterocycles. The summed E-state index contributed by atoms with van der Waals surface area (Å²) in [7, 11) is 1.87. The van der Waals surface area contributed by atoms with Crippen LogP contribution >= 0.6 is 11.6 Å². The first-order valence-corrected chi connectivity index (χ1v) is 5.88. The first-order chi connectivity index (χ1) is 7.69. The highest BCUT2D eigenvalue weighted by molar-refractivity contribution is 6.17. The van der Waals surface area contributed by atoms with E-state index in [1.165, 1.54) is 0 Å². The lowest BCUT2D eigenvalue weighted by Gasteiger charge is -2.17. The molecule has 0 aromatic heterocycles. The van der Waals surface area contributed by atoms with Gasteiger partial charge in [-0.1, -0.05) is 24.3 Å². The molecule has 1 rings (SSSR count). The second kappa shape index (κ2) is 6.86. The molecule has 1 aromatic rings. The Kier molecular flexibility index (Phi) is 5.77. The summed E-state index contributed by atoms with van der Waals surface area (Å²) in [5.41, 5.74) is 1.81. The van der Waals surface area contributed by atoms with Crippen molar-refractivity contribution in [1.82, 2.24) is 5.32 Å². The Morgan fingerprint density at radius 3 is 2.75 bits per heavy atom. The van der Waals surface area contributed by atoms with Gasteiger partial charge in [-0.15, -0.1) is 11.6 Å². The third kappa shape index (κ3) is 3.76. The average Bonchev–Trinajstić information content (AvgIpc) is 2.29. The predicted octanol–water partition coefficient (Wildman–Crippen LogP) is 1.43. The van der Waals surface area contributed by atoms with Crippen molar-refractivity contribution in [2.75, 3.05) is 12.9 Å². The van der Waals surface area contributed by atoms with Gasteiger partial charge in [0.05, 0.1) is 6.10 Å². The van der Waals surface area contributed by atoms with Crippen molar-refractivity contribution in [1.29, 1.82) is 0 Å². The lowest BCUT2D eigenvalue weighted by molar-refractivity contribution is 0.0169. The molecule has 4 heteroatoms. The van der Waals surface area contributed by atoms with Gasteiger partial charge in [0.25, 0.3) is 0 Å². The fourth-order valence-corrected chi connectivity index (χ4v) is 1.81. The molecule has 3 N–H and O–H groups in total. The summed E-state index contributed by atoms with van der Waals surface area (Å²) < 4.78 is 0. The monoisotopic (exact) mass is 243 g/mol. The van der Waals surface area contributed by atoms with Crippen molar-refractivity contribution in [2.24, 2.45) is 0 Å². The first kappa shape index (κ1) is 13.5. The van der Waals surface area contributed by atoms with E-state index in [2.05, 4.69) is 5.32 Å². The van der Waals surface area contributed by atoms with Crippen LogP contribution in [0.25, 0.3) is 0 Å². The molecule has 0 radical (unpaired) electrons. The van der Waals surface area contributed by atoms with Crippen LogP contribution in [-0.4, -0.2) is 29.2 Å². The number of rotatable bonds is 6. The highest BCUT2D eigenvalue weighted by Crippen LogP contribution is 2.20. The molecule has 1 aromatic carbocycles. The maximum atomic E-state index is 9.88. The number of nitrogens with one attached hydrogen (secondary N) is 1. The Labute approximate surface area is 101 Å². The SMILES string of the molecule is CNCc1cccc(C(O)C(O)CCCl)c1. The lowest BCUT2D eigenvalue weighted by Crippen LogP contribution is -2.19. The van der Waals surface area contributed by atoms with Crippen molar-refractivity contribution in [3.63, 3.8) is 0 Å². The predicted molar refractivity (Wildman–Crippen MR) is 65.5 cm³/mol. The standard InChI is InChI=1S/C12H18ClNO2/c1-14-8-9-3-2-4-10(7-9)12(16)11(15)5-6-13/h2-4,7,11-12,14-16H,5-6,8H2,1H3. The van der Waals surface area contributed by atoms with E-state index < -0.39 is 12.2 Å². The second-order valence-electron chi connectivity index (χ2n) is 3.77. The van der Waals surface area contributed by atoms with Gasteiger partial charge in [0, 0.05) is 12.4 Å². The zero-order chi connectivity index (χ0) is 12.0. The molecular weight excluding hydrogens is 226 g/mol. The third-order valence-corrected chi connectivity index (χ3v) is 2.66. The van der Waals surface area contributed by atoms with Crippen LogP contribution in [-0.2, 0) is 6.54 Å². The van der Waals surface area contributed by atoms with Gasteiger partial charge in [-0.25, -0.2) is 0 Å². The summed E-state index contributed by atoms with van der Waals surface area (Å²) in [4.78, 5) is 0. The van der Waals surface area contributed by atoms with Crippen molar-refractivity contribution < 1.29 is 10.2 Å². The van der Waals surface area contributed by atoms with E-state index >= 15 is 0 Å². The maximum absolute atomic E-state index is 9.88. The summed E-state index contributed by atoms with van der Waals surface area (Å²) in [6.07, 6.45) is -1.28. The number of aliphatic hydroxyl groups excluding tert-OH is 2. The molecule has 0 amide bonds. The van der Waals surface area contributed by atoms with Crippen LogP contribution in [0.4, 0.5) is 0 Å². The molecule has 0 saturated carbocycles. The van der Waals surface area contributed by atoms with Gasteiger partial charge in [0.2, 0.25) is 0 Å². The Balaban J connectivity index is 2.74. The van der Waals surface area contributed by atoms with Gasteiger partial charge in [0.1, 0.15) is 6.10 Å². The molecule has 0 aliphatic carbocycles. The van der Waals surface area contributed by atoms with E-state index in [1.807, 2.05) is 25.2 Å². The van der Waals surface area contributed by atoms with Crippen LogP contribution in [0.1, 0.15) is 23.7 Å². The zero-order valence-electron chi connectivity index (χ0n) is 9.36. The van der Waals surface area contributed by atoms with E-state index in [1.54, 1.807) is 6.07 Å². The second-order valence-corrected chi connectivity index (χ2v) is 4.14. The Morgan fingerprint density at radius 2 is 2.12 bits per heavy atom. The van der Waals surface area contributed by atoms with E-state index in [0.717, 1.165) is 17.7 Å². The normalized spacial score (nSPS) is 14.8. The Hall–Kier alpha value is -0.610. The van der Waals surface area contributed by atoms with E-state index in [9.17, 15) is 10.2 Å². The molecule has 90 valence electrons. The number of alkyl halides is 1. The summed E-state index contributed by atoms with van der Waals surface area (Å²) in [6.45, 7) is 0.742. The highest BCUT2D eigenvalue weighted by atomic mass is 35.5. The molecule has 2 atom stereocenters. The van der Waals surface area contributed by atoms with Gasteiger partial charge < -0.3 is 15.5 Å². The van der Waals surface area contributed by atoms with Crippen LogP contribution in [0.2, 0.25) is 0 Å². The number of aliphatic hydroxyl groups is 2. The molecule has 0 fully saturated rings. The Bertz CT molecular complexity index is 320. The summed E-state index contributed by atoms with van der Waals surface area (Å²) >= 11 is 5.53. The molecule has 2 unspecified atom stereocenters. The molecule has 3 nitrogen and oxygen atoms in total. The average molecular weight is 244 g/mol. The van der Waals surface area contributed by atoms with Crippen molar-refractivity contribution in [3.05, 3.63) is 35.4 Å². The third-order valence-electron chi connectivity index (χ3n) is 2.44. The van der Waals surface area contributed by atoms with Crippen LogP contribution in [0.15, 0.2) is 24.3 Å². The van der Waals surface area contributed by atoms with Gasteiger partial charge in [-0.3, -0.25) is 0 Å². The molecule has 0 aliphatic rings. The number of benzene rings is 1. The molecule has 0 heterocycles. The zero-order valence-corrected chi connectivity index (χ0v) is 10.1. The van der Waals surface area contributed by atoms with Crippen LogP contribution in [0.5, 0.6) is 0 Å². The van der Waals surface area contributed by atoms with Crippen LogP contribution in [0.3, 0.4) is 0 Å². The Morgan fingerprint density at radius 1 is 1.38 bits per heavy atom. The minimum Gasteiger partial charge on any atom is -0.390 e. The highest BCUT2D eigenvalue weighted by Gasteiger charge is 2.17. The lowest BCUT2D eigenvalue weighted by atomic mass is 10.0.